The van der Waals surface area contributed by atoms with E-state index >= 15 is 0 Å². The summed E-state index contributed by atoms with van der Waals surface area (Å²) in [6.45, 7) is 8.78. The average Bonchev–Trinajstić information content (AvgIpc) is 2.51. The zero-order chi connectivity index (χ0) is 7.54. The van der Waals surface area contributed by atoms with E-state index in [-0.39, 0.29) is 0 Å². The smallest absolute Gasteiger partial charge is 0.0802 e. The molecule has 0 bridgehead atoms. The van der Waals surface area contributed by atoms with Crippen molar-refractivity contribution < 1.29 is 0 Å². The molecule has 1 heterocycles. The van der Waals surface area contributed by atoms with Crippen molar-refractivity contribution >= 4 is 0 Å². The lowest BCUT2D eigenvalue weighted by molar-refractivity contribution is 1.14. The van der Waals surface area contributed by atoms with E-state index in [1.165, 1.54) is 0 Å². The van der Waals surface area contributed by atoms with Crippen molar-refractivity contribution in [2.75, 3.05) is 6.54 Å². The standard InChI is InChI=1S/C3H4N2.2C2H6/c1-2-4-5-3-1;2*1-2/h1-2H,3H2;2*1-2H3. The van der Waals surface area contributed by atoms with Crippen LogP contribution in [0.5, 0.6) is 0 Å². The third-order valence-corrected chi connectivity index (χ3v) is 0.441. The number of nitrogens with zero attached hydrogens (tertiary/aromatic N) is 2. The fraction of sp³-hybridized carbons (Fsp3) is 0.714. The van der Waals surface area contributed by atoms with Gasteiger partial charge in [0, 0.05) is 6.20 Å². The first-order valence-corrected chi connectivity index (χ1v) is 3.52. The Morgan fingerprint density at radius 1 is 1.11 bits per heavy atom. The fourth-order valence-electron chi connectivity index (χ4n) is 0.236. The van der Waals surface area contributed by atoms with E-state index in [1.807, 2.05) is 33.8 Å². The SMILES string of the molecule is C1=CN=NC1.CC.CC. The number of hydrogen-bond donors (Lipinski definition) is 0. The maximum atomic E-state index is 3.60. The van der Waals surface area contributed by atoms with E-state index in [0.717, 1.165) is 6.54 Å². The summed E-state index contributed by atoms with van der Waals surface area (Å²) in [4.78, 5) is 0. The van der Waals surface area contributed by atoms with Crippen LogP contribution in [0, 0.1) is 0 Å². The van der Waals surface area contributed by atoms with E-state index in [0.29, 0.717) is 0 Å². The highest BCUT2D eigenvalue weighted by molar-refractivity contribution is 4.84. The Bertz CT molecular complexity index is 65.0. The summed E-state index contributed by atoms with van der Waals surface area (Å²) in [7, 11) is 0. The molecule has 0 N–H and O–H groups in total. The topological polar surface area (TPSA) is 24.7 Å². The molecule has 0 radical (unpaired) electrons. The lowest BCUT2D eigenvalue weighted by atomic mass is 10.7. The van der Waals surface area contributed by atoms with Crippen molar-refractivity contribution in [1.29, 1.82) is 0 Å². The van der Waals surface area contributed by atoms with Gasteiger partial charge in [-0.2, -0.15) is 10.2 Å². The Morgan fingerprint density at radius 3 is 1.78 bits per heavy atom. The molecule has 0 aliphatic carbocycles. The Hall–Kier alpha value is -0.660. The molecule has 0 atom stereocenters. The average molecular weight is 128 g/mol. The maximum absolute atomic E-state index is 3.60. The van der Waals surface area contributed by atoms with Crippen molar-refractivity contribution in [3.8, 4) is 0 Å². The molecule has 0 saturated heterocycles. The van der Waals surface area contributed by atoms with Gasteiger partial charge in [0.25, 0.3) is 0 Å². The van der Waals surface area contributed by atoms with Crippen LogP contribution in [0.25, 0.3) is 0 Å². The molecule has 0 unspecified atom stereocenters. The van der Waals surface area contributed by atoms with Gasteiger partial charge in [-0.1, -0.05) is 27.7 Å². The molecule has 0 spiro atoms. The summed E-state index contributed by atoms with van der Waals surface area (Å²) >= 11 is 0. The number of azo groups is 1. The minimum absolute atomic E-state index is 0.778. The fourth-order valence-corrected chi connectivity index (χ4v) is 0.236. The van der Waals surface area contributed by atoms with Crippen molar-refractivity contribution in [2.24, 2.45) is 10.2 Å². The molecule has 1 aliphatic rings. The molecule has 2 nitrogen and oxygen atoms in total. The first kappa shape index (κ1) is 11.2. The van der Waals surface area contributed by atoms with E-state index in [2.05, 4.69) is 10.2 Å². The van der Waals surface area contributed by atoms with Gasteiger partial charge in [0.2, 0.25) is 0 Å². The quantitative estimate of drug-likeness (QED) is 0.479. The monoisotopic (exact) mass is 128 g/mol. The molecule has 54 valence electrons. The second kappa shape index (κ2) is 15.7. The summed E-state index contributed by atoms with van der Waals surface area (Å²) in [5.41, 5.74) is 0. The molecule has 0 aromatic carbocycles. The third-order valence-electron chi connectivity index (χ3n) is 0.441. The summed E-state index contributed by atoms with van der Waals surface area (Å²) in [6.07, 6.45) is 3.60. The van der Waals surface area contributed by atoms with Crippen LogP contribution in [-0.2, 0) is 0 Å². The second-order valence-corrected chi connectivity index (χ2v) is 0.824. The lowest BCUT2D eigenvalue weighted by Crippen LogP contribution is -1.53. The molecule has 2 heteroatoms. The van der Waals surface area contributed by atoms with Crippen LogP contribution in [0.15, 0.2) is 22.5 Å². The zero-order valence-electron chi connectivity index (χ0n) is 6.76. The largest absolute Gasteiger partial charge is 0.185 e. The molecule has 9 heavy (non-hydrogen) atoms. The van der Waals surface area contributed by atoms with Crippen LogP contribution >= 0.6 is 0 Å². The van der Waals surface area contributed by atoms with E-state index in [4.69, 9.17) is 0 Å². The van der Waals surface area contributed by atoms with Gasteiger partial charge in [0.1, 0.15) is 0 Å². The highest BCUT2D eigenvalue weighted by atomic mass is 15.1. The normalized spacial score (nSPS) is 11.1. The van der Waals surface area contributed by atoms with Crippen LogP contribution in [0.2, 0.25) is 0 Å². The number of rotatable bonds is 0. The van der Waals surface area contributed by atoms with Crippen molar-refractivity contribution in [3.05, 3.63) is 12.3 Å². The van der Waals surface area contributed by atoms with E-state index in [1.54, 1.807) is 6.20 Å². The van der Waals surface area contributed by atoms with Gasteiger partial charge >= 0.3 is 0 Å². The van der Waals surface area contributed by atoms with Crippen LogP contribution in [0.4, 0.5) is 0 Å². The Kier molecular flexibility index (Phi) is 19.5. The summed E-state index contributed by atoms with van der Waals surface area (Å²) < 4.78 is 0. The maximum Gasteiger partial charge on any atom is 0.0802 e. The molecular weight excluding hydrogens is 112 g/mol. The van der Waals surface area contributed by atoms with Crippen LogP contribution in [0.3, 0.4) is 0 Å². The first-order valence-electron chi connectivity index (χ1n) is 3.52. The Balaban J connectivity index is 0. The Labute approximate surface area is 57.7 Å². The van der Waals surface area contributed by atoms with Crippen molar-refractivity contribution in [2.45, 2.75) is 27.7 Å². The summed E-state index contributed by atoms with van der Waals surface area (Å²) in [6, 6.07) is 0. The van der Waals surface area contributed by atoms with E-state index in [9.17, 15) is 0 Å². The molecule has 0 aromatic heterocycles. The highest BCUT2D eigenvalue weighted by Crippen LogP contribution is 1.86. The number of hydrogen-bond acceptors (Lipinski definition) is 2. The molecule has 0 amide bonds. The summed E-state index contributed by atoms with van der Waals surface area (Å²) in [5, 5.41) is 7.12. The van der Waals surface area contributed by atoms with Gasteiger partial charge in [0.15, 0.2) is 0 Å². The second-order valence-electron chi connectivity index (χ2n) is 0.824. The Morgan fingerprint density at radius 2 is 1.67 bits per heavy atom. The molecule has 0 aromatic rings. The predicted octanol–water partition coefficient (Wildman–Crippen LogP) is 3.02. The minimum Gasteiger partial charge on any atom is -0.185 e. The first-order chi connectivity index (χ1) is 4.50. The zero-order valence-corrected chi connectivity index (χ0v) is 6.76. The van der Waals surface area contributed by atoms with E-state index < -0.39 is 0 Å². The predicted molar refractivity (Wildman–Crippen MR) is 41.6 cm³/mol. The van der Waals surface area contributed by atoms with Gasteiger partial charge in [-0.15, -0.1) is 0 Å². The lowest BCUT2D eigenvalue weighted by Gasteiger charge is -1.56. The van der Waals surface area contributed by atoms with Crippen LogP contribution in [-0.4, -0.2) is 6.54 Å². The highest BCUT2D eigenvalue weighted by Gasteiger charge is 1.74. The third kappa shape index (κ3) is 11.1. The van der Waals surface area contributed by atoms with Crippen LogP contribution < -0.4 is 0 Å². The van der Waals surface area contributed by atoms with Gasteiger partial charge in [0.05, 0.1) is 6.54 Å². The summed E-state index contributed by atoms with van der Waals surface area (Å²) in [5.74, 6) is 0. The van der Waals surface area contributed by atoms with Gasteiger partial charge < -0.3 is 0 Å². The molecule has 1 aliphatic heterocycles. The molecule has 0 fully saturated rings. The molecular formula is C7H16N2. The van der Waals surface area contributed by atoms with Gasteiger partial charge in [-0.3, -0.25) is 0 Å². The van der Waals surface area contributed by atoms with Crippen molar-refractivity contribution in [1.82, 2.24) is 0 Å². The molecule has 0 saturated carbocycles. The van der Waals surface area contributed by atoms with Gasteiger partial charge in [-0.05, 0) is 6.08 Å². The minimum atomic E-state index is 0.778. The van der Waals surface area contributed by atoms with Crippen molar-refractivity contribution in [3.63, 3.8) is 0 Å². The van der Waals surface area contributed by atoms with Crippen LogP contribution in [0.1, 0.15) is 27.7 Å². The molecule has 1 rings (SSSR count). The van der Waals surface area contributed by atoms with Gasteiger partial charge in [-0.25, -0.2) is 0 Å².